The van der Waals surface area contributed by atoms with E-state index in [0.717, 1.165) is 0 Å². The van der Waals surface area contributed by atoms with Crippen LogP contribution in [0.4, 0.5) is 10.8 Å². The minimum Gasteiger partial charge on any atom is -0.493 e. The largest absolute Gasteiger partial charge is 0.493 e. The molecule has 0 fully saturated rings. The van der Waals surface area contributed by atoms with E-state index in [0.29, 0.717) is 44.0 Å². The van der Waals surface area contributed by atoms with Crippen LogP contribution >= 0.6 is 11.3 Å². The number of carboxylic acid groups (broad SMARTS) is 1. The van der Waals surface area contributed by atoms with E-state index in [9.17, 15) is 14.7 Å². The molecule has 0 bridgehead atoms. The molecule has 0 radical (unpaired) electrons. The summed E-state index contributed by atoms with van der Waals surface area (Å²) in [5.41, 5.74) is 2.41. The Hall–Kier alpha value is -3.59. The molecule has 0 aliphatic heterocycles. The average molecular weight is 428 g/mol. The van der Waals surface area contributed by atoms with Gasteiger partial charge < -0.3 is 24.6 Å². The maximum Gasteiger partial charge on any atom is 0.337 e. The maximum atomic E-state index is 11.6. The van der Waals surface area contributed by atoms with Crippen molar-refractivity contribution >= 4 is 34.1 Å². The monoisotopic (exact) mass is 428 g/mol. The maximum absolute atomic E-state index is 11.6. The summed E-state index contributed by atoms with van der Waals surface area (Å²) < 4.78 is 15.3. The number of aliphatic carboxylic acids is 1. The highest BCUT2D eigenvalue weighted by molar-refractivity contribution is 7.16. The number of anilines is 2. The Balaban J connectivity index is 1.93. The van der Waals surface area contributed by atoms with Gasteiger partial charge in [-0.25, -0.2) is 9.78 Å². The van der Waals surface area contributed by atoms with Gasteiger partial charge in [-0.2, -0.15) is 0 Å². The smallest absolute Gasteiger partial charge is 0.337 e. The molecule has 3 rings (SSSR count). The molecule has 0 aliphatic carbocycles. The summed E-state index contributed by atoms with van der Waals surface area (Å²) in [6, 6.07) is 12.0. The topological polar surface area (TPSA) is 107 Å². The van der Waals surface area contributed by atoms with Crippen molar-refractivity contribution < 1.29 is 28.9 Å². The molecule has 0 atom stereocenters. The summed E-state index contributed by atoms with van der Waals surface area (Å²) in [5.74, 6) is -0.276. The third-order valence-electron chi connectivity index (χ3n) is 4.22. The predicted molar refractivity (Wildman–Crippen MR) is 113 cm³/mol. The van der Waals surface area contributed by atoms with Crippen molar-refractivity contribution in [3.8, 4) is 22.8 Å². The van der Waals surface area contributed by atoms with Crippen molar-refractivity contribution in [3.05, 3.63) is 52.9 Å². The molecule has 1 aromatic heterocycles. The van der Waals surface area contributed by atoms with Crippen LogP contribution in [-0.2, 0) is 16.0 Å². The summed E-state index contributed by atoms with van der Waals surface area (Å²) >= 11 is 1.25. The quantitative estimate of drug-likeness (QED) is 0.519. The summed E-state index contributed by atoms with van der Waals surface area (Å²) in [6.45, 7) is 0. The van der Waals surface area contributed by atoms with Gasteiger partial charge in [0.15, 0.2) is 16.6 Å². The van der Waals surface area contributed by atoms with Gasteiger partial charge >= 0.3 is 11.9 Å². The highest BCUT2D eigenvalue weighted by Gasteiger charge is 2.18. The van der Waals surface area contributed by atoms with E-state index in [2.05, 4.69) is 10.3 Å². The molecule has 2 aromatic carbocycles. The van der Waals surface area contributed by atoms with Crippen LogP contribution in [0.1, 0.15) is 15.2 Å². The Morgan fingerprint density at radius 3 is 2.33 bits per heavy atom. The molecular weight excluding hydrogens is 408 g/mol. The van der Waals surface area contributed by atoms with Crippen LogP contribution in [-0.4, -0.2) is 43.4 Å². The number of aromatic nitrogens is 1. The minimum absolute atomic E-state index is 0.162. The van der Waals surface area contributed by atoms with E-state index in [4.69, 9.17) is 14.2 Å². The molecule has 30 heavy (non-hydrogen) atoms. The van der Waals surface area contributed by atoms with E-state index in [1.165, 1.54) is 25.6 Å². The number of carbonyl (C=O) groups is 2. The number of nitrogens with one attached hydrogen (secondary N) is 1. The zero-order valence-electron chi connectivity index (χ0n) is 16.6. The SMILES string of the molecule is COC(=O)c1ccc(Nc2nc(-c3ccc(OC)c(OC)c3)c(CC(=O)O)s2)cc1. The summed E-state index contributed by atoms with van der Waals surface area (Å²) in [6.07, 6.45) is -0.162. The zero-order chi connectivity index (χ0) is 21.7. The van der Waals surface area contributed by atoms with Crippen LogP contribution in [0.2, 0.25) is 0 Å². The van der Waals surface area contributed by atoms with Crippen LogP contribution in [0.25, 0.3) is 11.3 Å². The minimum atomic E-state index is -0.950. The Kier molecular flexibility index (Phi) is 6.53. The second kappa shape index (κ2) is 9.27. The molecule has 9 heteroatoms. The van der Waals surface area contributed by atoms with Crippen LogP contribution in [0.3, 0.4) is 0 Å². The molecule has 156 valence electrons. The average Bonchev–Trinajstić information content (AvgIpc) is 3.14. The first-order valence-electron chi connectivity index (χ1n) is 8.84. The lowest BCUT2D eigenvalue weighted by Gasteiger charge is -2.09. The second-order valence-corrected chi connectivity index (χ2v) is 7.21. The van der Waals surface area contributed by atoms with Gasteiger partial charge in [0.1, 0.15) is 0 Å². The summed E-state index contributed by atoms with van der Waals surface area (Å²) in [4.78, 5) is 28.1. The summed E-state index contributed by atoms with van der Waals surface area (Å²) in [5, 5.41) is 13.0. The third kappa shape index (κ3) is 4.69. The molecule has 0 amide bonds. The van der Waals surface area contributed by atoms with Crippen molar-refractivity contribution in [1.29, 1.82) is 0 Å². The van der Waals surface area contributed by atoms with E-state index in [1.54, 1.807) is 49.6 Å². The summed E-state index contributed by atoms with van der Waals surface area (Å²) in [7, 11) is 4.40. The number of benzene rings is 2. The Bertz CT molecular complexity index is 1060. The lowest BCUT2D eigenvalue weighted by molar-refractivity contribution is -0.136. The number of methoxy groups -OCH3 is 3. The molecule has 1 heterocycles. The van der Waals surface area contributed by atoms with Crippen molar-refractivity contribution in [2.24, 2.45) is 0 Å². The van der Waals surface area contributed by atoms with E-state index in [-0.39, 0.29) is 6.42 Å². The molecular formula is C21H20N2O6S. The van der Waals surface area contributed by atoms with E-state index in [1.807, 2.05) is 0 Å². The normalized spacial score (nSPS) is 10.4. The van der Waals surface area contributed by atoms with Crippen molar-refractivity contribution in [1.82, 2.24) is 4.98 Å². The van der Waals surface area contributed by atoms with Gasteiger partial charge in [-0.05, 0) is 42.5 Å². The van der Waals surface area contributed by atoms with Crippen molar-refractivity contribution in [3.63, 3.8) is 0 Å². The first kappa shape index (κ1) is 21.1. The van der Waals surface area contributed by atoms with Gasteiger partial charge in [0.05, 0.1) is 39.0 Å². The standard InChI is InChI=1S/C21H20N2O6S/c1-27-15-9-6-13(10-16(15)28-2)19-17(11-18(24)25)30-21(23-19)22-14-7-4-12(5-8-14)20(26)29-3/h4-10H,11H2,1-3H3,(H,22,23)(H,24,25). The first-order chi connectivity index (χ1) is 14.4. The van der Waals surface area contributed by atoms with Gasteiger partial charge in [-0.15, -0.1) is 11.3 Å². The fourth-order valence-corrected chi connectivity index (χ4v) is 3.80. The molecule has 0 spiro atoms. The molecule has 0 saturated carbocycles. The Labute approximate surface area is 177 Å². The van der Waals surface area contributed by atoms with E-state index >= 15 is 0 Å². The van der Waals surface area contributed by atoms with Crippen LogP contribution in [0.5, 0.6) is 11.5 Å². The number of hydrogen-bond donors (Lipinski definition) is 2. The third-order valence-corrected chi connectivity index (χ3v) is 5.19. The molecule has 0 unspecified atom stereocenters. The number of nitrogens with zero attached hydrogens (tertiary/aromatic N) is 1. The number of thiazole rings is 1. The molecule has 3 aromatic rings. The first-order valence-corrected chi connectivity index (χ1v) is 9.66. The molecule has 0 saturated heterocycles. The number of esters is 1. The van der Waals surface area contributed by atoms with Crippen LogP contribution < -0.4 is 14.8 Å². The van der Waals surface area contributed by atoms with Crippen molar-refractivity contribution in [2.75, 3.05) is 26.6 Å². The Morgan fingerprint density at radius 2 is 1.73 bits per heavy atom. The van der Waals surface area contributed by atoms with Gasteiger partial charge in [-0.1, -0.05) is 0 Å². The van der Waals surface area contributed by atoms with Gasteiger partial charge in [0, 0.05) is 16.1 Å². The molecule has 8 nitrogen and oxygen atoms in total. The fraction of sp³-hybridized carbons (Fsp3) is 0.190. The lowest BCUT2D eigenvalue weighted by atomic mass is 10.1. The highest BCUT2D eigenvalue weighted by atomic mass is 32.1. The number of carboxylic acids is 1. The molecule has 2 N–H and O–H groups in total. The lowest BCUT2D eigenvalue weighted by Crippen LogP contribution is -2.00. The predicted octanol–water partition coefficient (Wildman–Crippen LogP) is 3.98. The van der Waals surface area contributed by atoms with Crippen molar-refractivity contribution in [2.45, 2.75) is 6.42 Å². The Morgan fingerprint density at radius 1 is 1.03 bits per heavy atom. The molecule has 0 aliphatic rings. The number of carbonyl (C=O) groups excluding carboxylic acids is 1. The van der Waals surface area contributed by atoms with E-state index < -0.39 is 11.9 Å². The fourth-order valence-electron chi connectivity index (χ4n) is 2.80. The van der Waals surface area contributed by atoms with Crippen LogP contribution in [0, 0.1) is 0 Å². The number of rotatable bonds is 8. The number of hydrogen-bond acceptors (Lipinski definition) is 8. The van der Waals surface area contributed by atoms with Gasteiger partial charge in [-0.3, -0.25) is 4.79 Å². The second-order valence-electron chi connectivity index (χ2n) is 6.13. The number of ether oxygens (including phenoxy) is 3. The highest BCUT2D eigenvalue weighted by Crippen LogP contribution is 2.37. The van der Waals surface area contributed by atoms with Gasteiger partial charge in [0.2, 0.25) is 0 Å². The van der Waals surface area contributed by atoms with Gasteiger partial charge in [0.25, 0.3) is 0 Å². The van der Waals surface area contributed by atoms with Crippen LogP contribution in [0.15, 0.2) is 42.5 Å². The zero-order valence-corrected chi connectivity index (χ0v) is 17.4.